The van der Waals surface area contributed by atoms with E-state index < -0.39 is 8.25 Å². The molecule has 0 fully saturated rings. The van der Waals surface area contributed by atoms with Gasteiger partial charge in [0.25, 0.3) is 0 Å². The van der Waals surface area contributed by atoms with E-state index in [1.165, 1.54) is 0 Å². The van der Waals surface area contributed by atoms with Crippen LogP contribution < -0.4 is 4.52 Å². The molecule has 0 heterocycles. The molecule has 3 nitrogen and oxygen atoms in total. The van der Waals surface area contributed by atoms with Crippen molar-refractivity contribution in [1.82, 2.24) is 0 Å². The van der Waals surface area contributed by atoms with Crippen molar-refractivity contribution >= 4 is 8.25 Å². The van der Waals surface area contributed by atoms with Gasteiger partial charge in [-0.1, -0.05) is 48.5 Å². The molecular formula is C13H12O3P+. The van der Waals surface area contributed by atoms with Crippen LogP contribution >= 0.6 is 8.25 Å². The van der Waals surface area contributed by atoms with Gasteiger partial charge in [0.15, 0.2) is 0 Å². The molecule has 1 atom stereocenters. The van der Waals surface area contributed by atoms with Crippen LogP contribution in [-0.4, -0.2) is 4.89 Å². The highest BCUT2D eigenvalue weighted by molar-refractivity contribution is 7.32. The zero-order chi connectivity index (χ0) is 12.3. The van der Waals surface area contributed by atoms with Gasteiger partial charge in [0.1, 0.15) is 0 Å². The Balaban J connectivity index is 2.54. The van der Waals surface area contributed by atoms with Crippen molar-refractivity contribution in [1.29, 1.82) is 0 Å². The molecule has 4 heteroatoms. The third-order valence-electron chi connectivity index (χ3n) is 2.47. The summed E-state index contributed by atoms with van der Waals surface area (Å²) in [5.74, 6) is 0.460. The van der Waals surface area contributed by atoms with E-state index in [1.54, 1.807) is 0 Å². The lowest BCUT2D eigenvalue weighted by Crippen LogP contribution is -1.89. The monoisotopic (exact) mass is 247 g/mol. The lowest BCUT2D eigenvalue weighted by atomic mass is 10.0. The van der Waals surface area contributed by atoms with Crippen LogP contribution in [0.5, 0.6) is 5.75 Å². The van der Waals surface area contributed by atoms with Crippen molar-refractivity contribution in [3.8, 4) is 16.9 Å². The molecule has 0 saturated heterocycles. The first kappa shape index (κ1) is 11.8. The van der Waals surface area contributed by atoms with E-state index in [1.807, 2.05) is 55.5 Å². The Labute approximate surface area is 101 Å². The topological polar surface area (TPSA) is 46.5 Å². The maximum atomic E-state index is 10.8. The highest BCUT2D eigenvalue weighted by atomic mass is 31.1. The van der Waals surface area contributed by atoms with Crippen molar-refractivity contribution < 1.29 is 14.0 Å². The molecule has 0 spiro atoms. The predicted molar refractivity (Wildman–Crippen MR) is 67.1 cm³/mol. The van der Waals surface area contributed by atoms with E-state index in [0.717, 1.165) is 16.7 Å². The van der Waals surface area contributed by atoms with Crippen LogP contribution in [0.15, 0.2) is 48.5 Å². The summed E-state index contributed by atoms with van der Waals surface area (Å²) in [6.07, 6.45) is 0. The van der Waals surface area contributed by atoms with E-state index in [2.05, 4.69) is 0 Å². The summed E-state index contributed by atoms with van der Waals surface area (Å²) >= 11 is 0. The van der Waals surface area contributed by atoms with Crippen LogP contribution in [-0.2, 0) is 4.57 Å². The minimum absolute atomic E-state index is 0.460. The maximum Gasteiger partial charge on any atom is 0.747 e. The van der Waals surface area contributed by atoms with Gasteiger partial charge in [-0.2, -0.15) is 0 Å². The fourth-order valence-electron chi connectivity index (χ4n) is 1.70. The second-order valence-electron chi connectivity index (χ2n) is 3.65. The molecule has 2 rings (SSSR count). The maximum absolute atomic E-state index is 10.8. The van der Waals surface area contributed by atoms with E-state index in [-0.39, 0.29) is 0 Å². The lowest BCUT2D eigenvalue weighted by molar-refractivity contribution is 0.410. The summed E-state index contributed by atoms with van der Waals surface area (Å²) in [7, 11) is -2.65. The normalized spacial score (nSPS) is 11.1. The minimum atomic E-state index is -2.65. The Morgan fingerprint density at radius 1 is 1.06 bits per heavy atom. The highest BCUT2D eigenvalue weighted by Crippen LogP contribution is 2.36. The first-order valence-corrected chi connectivity index (χ1v) is 6.30. The smallest absolute Gasteiger partial charge is 0.228 e. The molecular weight excluding hydrogens is 235 g/mol. The number of hydrogen-bond acceptors (Lipinski definition) is 2. The fourth-order valence-corrected chi connectivity index (χ4v) is 2.10. The Kier molecular flexibility index (Phi) is 3.52. The van der Waals surface area contributed by atoms with E-state index in [9.17, 15) is 4.57 Å². The van der Waals surface area contributed by atoms with Gasteiger partial charge in [-0.25, -0.2) is 4.52 Å². The molecule has 0 aliphatic rings. The summed E-state index contributed by atoms with van der Waals surface area (Å²) < 4.78 is 15.8. The average Bonchev–Trinajstić information content (AvgIpc) is 2.32. The molecule has 0 amide bonds. The minimum Gasteiger partial charge on any atom is -0.228 e. The van der Waals surface area contributed by atoms with Crippen LogP contribution in [0, 0.1) is 6.92 Å². The summed E-state index contributed by atoms with van der Waals surface area (Å²) in [6, 6.07) is 15.2. The molecule has 0 radical (unpaired) electrons. The number of benzene rings is 2. The molecule has 0 saturated carbocycles. The van der Waals surface area contributed by atoms with Crippen LogP contribution in [0.2, 0.25) is 0 Å². The quantitative estimate of drug-likeness (QED) is 0.841. The van der Waals surface area contributed by atoms with Gasteiger partial charge in [0.05, 0.1) is 0 Å². The molecule has 86 valence electrons. The molecule has 0 aliphatic carbocycles. The third-order valence-corrected chi connectivity index (χ3v) is 2.80. The van der Waals surface area contributed by atoms with E-state index >= 15 is 0 Å². The number of para-hydroxylation sites is 1. The molecule has 0 bridgehead atoms. The van der Waals surface area contributed by atoms with Crippen molar-refractivity contribution in [2.45, 2.75) is 6.92 Å². The zero-order valence-electron chi connectivity index (χ0n) is 9.33. The van der Waals surface area contributed by atoms with Gasteiger partial charge in [-0.05, 0) is 18.1 Å². The summed E-state index contributed by atoms with van der Waals surface area (Å²) in [4.78, 5) is 8.89. The largest absolute Gasteiger partial charge is 0.747 e. The molecule has 1 unspecified atom stereocenters. The van der Waals surface area contributed by atoms with Crippen molar-refractivity contribution in [2.24, 2.45) is 0 Å². The summed E-state index contributed by atoms with van der Waals surface area (Å²) in [5, 5.41) is 0. The molecule has 1 N–H and O–H groups in total. The molecule has 0 aromatic heterocycles. The second kappa shape index (κ2) is 5.09. The second-order valence-corrected chi connectivity index (χ2v) is 4.30. The lowest BCUT2D eigenvalue weighted by Gasteiger charge is -2.06. The molecule has 2 aromatic carbocycles. The first-order chi connectivity index (χ1) is 8.18. The molecule has 17 heavy (non-hydrogen) atoms. The average molecular weight is 247 g/mol. The highest BCUT2D eigenvalue weighted by Gasteiger charge is 2.20. The SMILES string of the molecule is Cc1cccc(-c2ccccc2)c1O[P+](=O)O. The molecule has 2 aromatic rings. The third kappa shape index (κ3) is 2.70. The summed E-state index contributed by atoms with van der Waals surface area (Å²) in [5.41, 5.74) is 2.62. The van der Waals surface area contributed by atoms with Gasteiger partial charge in [0.2, 0.25) is 5.75 Å². The van der Waals surface area contributed by atoms with E-state index in [0.29, 0.717) is 5.75 Å². The predicted octanol–water partition coefficient (Wildman–Crippen LogP) is 3.69. The zero-order valence-corrected chi connectivity index (χ0v) is 10.2. The van der Waals surface area contributed by atoms with Gasteiger partial charge in [-0.3, -0.25) is 0 Å². The molecule has 0 aliphatic heterocycles. The summed E-state index contributed by atoms with van der Waals surface area (Å²) in [6.45, 7) is 1.85. The fraction of sp³-hybridized carbons (Fsp3) is 0.0769. The van der Waals surface area contributed by atoms with Gasteiger partial charge in [0, 0.05) is 10.1 Å². The Morgan fingerprint density at radius 3 is 2.41 bits per heavy atom. The first-order valence-electron chi connectivity index (χ1n) is 5.17. The number of hydrogen-bond donors (Lipinski definition) is 1. The standard InChI is InChI=1S/C13H11O3P/c1-10-6-5-9-12(13(10)16-17(14)15)11-7-3-2-4-8-11/h2-9H,1H3/p+1. The van der Waals surface area contributed by atoms with Crippen LogP contribution in [0.25, 0.3) is 11.1 Å². The van der Waals surface area contributed by atoms with Gasteiger partial charge < -0.3 is 0 Å². The van der Waals surface area contributed by atoms with Crippen LogP contribution in [0.3, 0.4) is 0 Å². The van der Waals surface area contributed by atoms with E-state index in [4.69, 9.17) is 9.42 Å². The van der Waals surface area contributed by atoms with Gasteiger partial charge >= 0.3 is 8.25 Å². The Hall–Kier alpha value is -1.70. The van der Waals surface area contributed by atoms with Gasteiger partial charge in [-0.15, -0.1) is 4.89 Å². The Bertz CT molecular complexity index is 538. The van der Waals surface area contributed by atoms with Crippen LogP contribution in [0.4, 0.5) is 0 Å². The van der Waals surface area contributed by atoms with Crippen molar-refractivity contribution in [2.75, 3.05) is 0 Å². The van der Waals surface area contributed by atoms with Crippen LogP contribution in [0.1, 0.15) is 5.56 Å². The Morgan fingerprint density at radius 2 is 1.76 bits per heavy atom. The number of rotatable bonds is 3. The van der Waals surface area contributed by atoms with Crippen molar-refractivity contribution in [3.63, 3.8) is 0 Å². The number of aryl methyl sites for hydroxylation is 1. The van der Waals surface area contributed by atoms with Crippen molar-refractivity contribution in [3.05, 3.63) is 54.1 Å².